The zero-order valence-electron chi connectivity index (χ0n) is 26.6. The highest BCUT2D eigenvalue weighted by atomic mass is 16.6. The van der Waals surface area contributed by atoms with E-state index in [2.05, 4.69) is 81.1 Å². The highest BCUT2D eigenvalue weighted by Crippen LogP contribution is 2.45. The predicted molar refractivity (Wildman–Crippen MR) is 169 cm³/mol. The average Bonchev–Trinajstić information content (AvgIpc) is 2.91. The molecule has 0 N–H and O–H groups in total. The number of esters is 1. The molecule has 1 fully saturated rings. The van der Waals surface area contributed by atoms with Crippen LogP contribution in [0, 0.1) is 19.3 Å². The lowest BCUT2D eigenvalue weighted by molar-refractivity contribution is -0.166. The number of carbonyl (C=O) groups is 1. The largest absolute Gasteiger partial charge is 0.464 e. The van der Waals surface area contributed by atoms with Gasteiger partial charge >= 0.3 is 5.97 Å². The first-order valence-electron chi connectivity index (χ1n) is 15.1. The van der Waals surface area contributed by atoms with Crippen molar-refractivity contribution in [1.29, 1.82) is 0 Å². The normalized spacial score (nSPS) is 16.0. The van der Waals surface area contributed by atoms with Crippen LogP contribution in [-0.2, 0) is 20.7 Å². The number of aromatic nitrogens is 1. The molecule has 1 aliphatic heterocycles. The molecule has 0 unspecified atom stereocenters. The van der Waals surface area contributed by atoms with Gasteiger partial charge in [0.25, 0.3) is 0 Å². The van der Waals surface area contributed by atoms with E-state index in [9.17, 15) is 4.79 Å². The molecule has 2 aromatic carbocycles. The fourth-order valence-corrected chi connectivity index (χ4v) is 5.73. The number of ether oxygens (including phenoxy) is 2. The summed E-state index contributed by atoms with van der Waals surface area (Å²) >= 11 is 0. The summed E-state index contributed by atoms with van der Waals surface area (Å²) in [5.74, 6) is -0.369. The van der Waals surface area contributed by atoms with Gasteiger partial charge < -0.3 is 14.4 Å². The van der Waals surface area contributed by atoms with Crippen molar-refractivity contribution in [3.8, 4) is 22.3 Å². The molecule has 3 aromatic rings. The summed E-state index contributed by atoms with van der Waals surface area (Å²) in [4.78, 5) is 21.0. The monoisotopic (exact) mass is 556 g/mol. The molecule has 4 rings (SSSR count). The summed E-state index contributed by atoms with van der Waals surface area (Å²) in [5, 5.41) is 0. The topological polar surface area (TPSA) is 51.7 Å². The molecule has 41 heavy (non-hydrogen) atoms. The highest BCUT2D eigenvalue weighted by Gasteiger charge is 2.37. The molecule has 0 amide bonds. The van der Waals surface area contributed by atoms with E-state index in [0.717, 1.165) is 66.1 Å². The van der Waals surface area contributed by atoms with Crippen molar-refractivity contribution < 1.29 is 14.3 Å². The molecular formula is C36H48N2O3. The lowest BCUT2D eigenvalue weighted by Crippen LogP contribution is -2.39. The van der Waals surface area contributed by atoms with Gasteiger partial charge in [-0.2, -0.15) is 0 Å². The molecule has 220 valence electrons. The Labute approximate surface area is 247 Å². The van der Waals surface area contributed by atoms with Crippen molar-refractivity contribution in [2.24, 2.45) is 5.41 Å². The number of pyridine rings is 1. The van der Waals surface area contributed by atoms with Gasteiger partial charge in [-0.15, -0.1) is 0 Å². The number of nitrogens with zero attached hydrogens (tertiary/aromatic N) is 2. The van der Waals surface area contributed by atoms with E-state index in [4.69, 9.17) is 14.5 Å². The van der Waals surface area contributed by atoms with Gasteiger partial charge in [0.1, 0.15) is 0 Å². The number of benzene rings is 2. The summed E-state index contributed by atoms with van der Waals surface area (Å²) in [6, 6.07) is 17.5. The Kier molecular flexibility index (Phi) is 9.28. The number of hydrogen-bond acceptors (Lipinski definition) is 5. The third kappa shape index (κ3) is 7.19. The minimum Gasteiger partial charge on any atom is -0.464 e. The van der Waals surface area contributed by atoms with Crippen LogP contribution in [0.1, 0.15) is 89.9 Å². The van der Waals surface area contributed by atoms with Crippen molar-refractivity contribution in [2.75, 3.05) is 24.6 Å². The second-order valence-electron chi connectivity index (χ2n) is 13.1. The molecule has 0 bridgehead atoms. The van der Waals surface area contributed by atoms with Crippen molar-refractivity contribution in [3.05, 3.63) is 71.0 Å². The highest BCUT2D eigenvalue weighted by molar-refractivity contribution is 5.89. The van der Waals surface area contributed by atoms with E-state index >= 15 is 0 Å². The average molecular weight is 557 g/mol. The quantitative estimate of drug-likeness (QED) is 0.260. The molecular weight excluding hydrogens is 508 g/mol. The first-order valence-corrected chi connectivity index (χ1v) is 15.1. The summed E-state index contributed by atoms with van der Waals surface area (Å²) in [6.07, 6.45) is 2.30. The smallest absolute Gasteiger partial charge is 0.340 e. The van der Waals surface area contributed by atoms with Crippen LogP contribution in [-0.4, -0.2) is 36.3 Å². The zero-order valence-corrected chi connectivity index (χ0v) is 26.6. The lowest BCUT2D eigenvalue weighted by atomic mass is 9.81. The molecule has 1 atom stereocenters. The third-order valence-corrected chi connectivity index (χ3v) is 8.12. The fraction of sp³-hybridized carbons (Fsp3) is 0.500. The van der Waals surface area contributed by atoms with E-state index in [1.165, 1.54) is 16.7 Å². The summed E-state index contributed by atoms with van der Waals surface area (Å²) < 4.78 is 12.1. The van der Waals surface area contributed by atoms with Crippen molar-refractivity contribution in [3.63, 3.8) is 0 Å². The van der Waals surface area contributed by atoms with Gasteiger partial charge in [0.05, 0.1) is 17.9 Å². The Hall–Kier alpha value is -3.18. The van der Waals surface area contributed by atoms with Crippen LogP contribution in [0.3, 0.4) is 0 Å². The molecule has 1 aromatic heterocycles. The fourth-order valence-electron chi connectivity index (χ4n) is 5.73. The summed E-state index contributed by atoms with van der Waals surface area (Å²) in [5.41, 5.74) is 9.21. The van der Waals surface area contributed by atoms with E-state index < -0.39 is 11.7 Å². The predicted octanol–water partition coefficient (Wildman–Crippen LogP) is 8.64. The maximum atomic E-state index is 13.5. The van der Waals surface area contributed by atoms with Crippen LogP contribution in [0.15, 0.2) is 48.5 Å². The molecule has 0 aliphatic carbocycles. The van der Waals surface area contributed by atoms with Crippen LogP contribution in [0.5, 0.6) is 0 Å². The number of anilines is 1. The van der Waals surface area contributed by atoms with Crippen LogP contribution >= 0.6 is 0 Å². The van der Waals surface area contributed by atoms with Gasteiger partial charge in [0, 0.05) is 35.6 Å². The number of piperidine rings is 1. The number of carbonyl (C=O) groups excluding carboxylic acids is 1. The van der Waals surface area contributed by atoms with Crippen molar-refractivity contribution in [1.82, 2.24) is 4.98 Å². The molecule has 5 nitrogen and oxygen atoms in total. The van der Waals surface area contributed by atoms with Gasteiger partial charge in [-0.25, -0.2) is 4.79 Å². The third-order valence-electron chi connectivity index (χ3n) is 8.12. The maximum absolute atomic E-state index is 13.5. The summed E-state index contributed by atoms with van der Waals surface area (Å²) in [6.45, 7) is 20.8. The molecule has 0 radical (unpaired) electrons. The number of rotatable bonds is 8. The van der Waals surface area contributed by atoms with Gasteiger partial charge in [-0.1, -0.05) is 69.3 Å². The van der Waals surface area contributed by atoms with Crippen LogP contribution in [0.2, 0.25) is 0 Å². The molecule has 1 saturated heterocycles. The Morgan fingerprint density at radius 1 is 0.902 bits per heavy atom. The Morgan fingerprint density at radius 3 is 1.95 bits per heavy atom. The van der Waals surface area contributed by atoms with Gasteiger partial charge in [0.2, 0.25) is 0 Å². The van der Waals surface area contributed by atoms with E-state index in [-0.39, 0.29) is 11.4 Å². The van der Waals surface area contributed by atoms with E-state index in [1.807, 2.05) is 34.6 Å². The van der Waals surface area contributed by atoms with Crippen LogP contribution < -0.4 is 4.90 Å². The molecule has 1 aliphatic rings. The molecule has 5 heteroatoms. The first kappa shape index (κ1) is 30.8. The Balaban J connectivity index is 1.90. The lowest BCUT2D eigenvalue weighted by Gasteiger charge is -2.41. The second kappa shape index (κ2) is 12.4. The molecule has 2 heterocycles. The van der Waals surface area contributed by atoms with Crippen molar-refractivity contribution in [2.45, 2.75) is 93.3 Å². The zero-order chi connectivity index (χ0) is 29.9. The minimum atomic E-state index is -0.872. The second-order valence-corrected chi connectivity index (χ2v) is 13.1. The van der Waals surface area contributed by atoms with Gasteiger partial charge in [0.15, 0.2) is 6.10 Å². The maximum Gasteiger partial charge on any atom is 0.340 e. The van der Waals surface area contributed by atoms with E-state index in [1.54, 1.807) is 0 Å². The summed E-state index contributed by atoms with van der Waals surface area (Å²) in [7, 11) is 0. The number of hydrogen-bond donors (Lipinski definition) is 0. The molecule has 0 saturated carbocycles. The number of aryl methyl sites for hydroxylation is 3. The Bertz CT molecular complexity index is 1340. The Morgan fingerprint density at radius 2 is 1.44 bits per heavy atom. The minimum absolute atomic E-state index is 0.283. The standard InChI is InChI=1S/C36H48N2O3/c1-10-26-12-14-27(15-13-26)28-16-18-29(19-17-28)30-24(3)37-25(4)31(32(30)38-22-20-36(8,9)21-23-38)33(34(39)40-11-2)41-35(5,6)7/h12-19,33H,10-11,20-23H2,1-9H3/t33-/m0/s1. The molecule has 0 spiro atoms. The van der Waals surface area contributed by atoms with Gasteiger partial charge in [-0.05, 0) is 88.5 Å². The van der Waals surface area contributed by atoms with Crippen LogP contribution in [0.4, 0.5) is 5.69 Å². The van der Waals surface area contributed by atoms with Crippen molar-refractivity contribution >= 4 is 11.7 Å². The SMILES string of the molecule is CCOC(=O)[C@@H](OC(C)(C)C)c1c(C)nc(C)c(-c2ccc(-c3ccc(CC)cc3)cc2)c1N1CCC(C)(C)CC1. The van der Waals surface area contributed by atoms with E-state index in [0.29, 0.717) is 6.61 Å². The first-order chi connectivity index (χ1) is 19.3. The van der Waals surface area contributed by atoms with Gasteiger partial charge in [-0.3, -0.25) is 4.98 Å². The van der Waals surface area contributed by atoms with Crippen LogP contribution in [0.25, 0.3) is 22.3 Å².